The normalized spacial score (nSPS) is 12.5. The van der Waals surface area contributed by atoms with E-state index >= 15 is 0 Å². The van der Waals surface area contributed by atoms with Crippen molar-refractivity contribution >= 4 is 23.1 Å². The number of aromatic nitrogens is 1. The third-order valence-electron chi connectivity index (χ3n) is 2.63. The number of hydrogen-bond donors (Lipinski definition) is 1. The lowest BCUT2D eigenvalue weighted by Crippen LogP contribution is -2.31. The Morgan fingerprint density at radius 1 is 1.53 bits per heavy atom. The van der Waals surface area contributed by atoms with Crippen LogP contribution in [0.25, 0.3) is 0 Å². The molecular weight excluding hydrogens is 270 g/mol. The van der Waals surface area contributed by atoms with E-state index in [9.17, 15) is 10.1 Å². The highest BCUT2D eigenvalue weighted by molar-refractivity contribution is 6.29. The molecule has 1 aromatic heterocycles. The molecular formula is C12H18ClN3O3. The molecule has 1 atom stereocenters. The Kier molecular flexibility index (Phi) is 5.98. The van der Waals surface area contributed by atoms with Gasteiger partial charge in [-0.2, -0.15) is 0 Å². The third-order valence-corrected chi connectivity index (χ3v) is 2.82. The van der Waals surface area contributed by atoms with Gasteiger partial charge in [-0.05, 0) is 12.8 Å². The van der Waals surface area contributed by atoms with Crippen molar-refractivity contribution in [3.05, 3.63) is 27.4 Å². The lowest BCUT2D eigenvalue weighted by atomic mass is 10.1. The number of nitro groups is 1. The van der Waals surface area contributed by atoms with Crippen molar-refractivity contribution in [1.82, 2.24) is 4.98 Å². The highest BCUT2D eigenvalue weighted by atomic mass is 35.5. The van der Waals surface area contributed by atoms with Crippen LogP contribution in [0.3, 0.4) is 0 Å². The summed E-state index contributed by atoms with van der Waals surface area (Å²) in [6.45, 7) is 7.12. The molecule has 0 aliphatic rings. The summed E-state index contributed by atoms with van der Waals surface area (Å²) in [6, 6.07) is 2.61. The van der Waals surface area contributed by atoms with Crippen molar-refractivity contribution in [3.8, 4) is 0 Å². The molecule has 1 unspecified atom stereocenters. The predicted octanol–water partition coefficient (Wildman–Crippen LogP) is 3.12. The maximum Gasteiger partial charge on any atom is 0.276 e. The van der Waals surface area contributed by atoms with E-state index in [-0.39, 0.29) is 16.9 Å². The van der Waals surface area contributed by atoms with Crippen LogP contribution in [0.5, 0.6) is 0 Å². The van der Waals surface area contributed by atoms with Crippen molar-refractivity contribution in [1.29, 1.82) is 0 Å². The second-order valence-electron chi connectivity index (χ2n) is 4.44. The molecule has 7 heteroatoms. The molecule has 19 heavy (non-hydrogen) atoms. The summed E-state index contributed by atoms with van der Waals surface area (Å²) in [4.78, 5) is 14.3. The molecule has 0 aliphatic heterocycles. The lowest BCUT2D eigenvalue weighted by molar-refractivity contribution is -0.384. The van der Waals surface area contributed by atoms with E-state index in [1.54, 1.807) is 0 Å². The second kappa shape index (κ2) is 7.25. The van der Waals surface area contributed by atoms with E-state index in [2.05, 4.69) is 10.3 Å². The maximum absolute atomic E-state index is 10.8. The largest absolute Gasteiger partial charge is 0.380 e. The first kappa shape index (κ1) is 15.7. The Morgan fingerprint density at radius 3 is 2.74 bits per heavy atom. The molecule has 1 aromatic rings. The number of nitrogens with one attached hydrogen (secondary N) is 1. The monoisotopic (exact) mass is 287 g/mol. The number of anilines is 1. The van der Waals surface area contributed by atoms with E-state index in [0.29, 0.717) is 24.9 Å². The van der Waals surface area contributed by atoms with Gasteiger partial charge in [-0.3, -0.25) is 10.1 Å². The molecule has 0 fully saturated rings. The van der Waals surface area contributed by atoms with Crippen LogP contribution in [-0.2, 0) is 4.74 Å². The van der Waals surface area contributed by atoms with Gasteiger partial charge in [0.05, 0.1) is 29.7 Å². The van der Waals surface area contributed by atoms with Crippen LogP contribution in [0.4, 0.5) is 11.5 Å². The summed E-state index contributed by atoms with van der Waals surface area (Å²) in [5.74, 6) is 0.684. The van der Waals surface area contributed by atoms with Crippen molar-refractivity contribution in [3.63, 3.8) is 0 Å². The zero-order valence-electron chi connectivity index (χ0n) is 11.2. The predicted molar refractivity (Wildman–Crippen MR) is 74.6 cm³/mol. The summed E-state index contributed by atoms with van der Waals surface area (Å²) in [5, 5.41) is 14.0. The Labute approximate surface area is 117 Å². The average Bonchev–Trinajstić information content (AvgIpc) is 2.33. The van der Waals surface area contributed by atoms with Gasteiger partial charge >= 0.3 is 0 Å². The summed E-state index contributed by atoms with van der Waals surface area (Å²) in [5.41, 5.74) is -0.0820. The first-order valence-electron chi connectivity index (χ1n) is 6.10. The van der Waals surface area contributed by atoms with Crippen LogP contribution in [0.1, 0.15) is 20.8 Å². The topological polar surface area (TPSA) is 77.3 Å². The van der Waals surface area contributed by atoms with Crippen molar-refractivity contribution in [2.45, 2.75) is 26.8 Å². The molecule has 6 nitrogen and oxygen atoms in total. The van der Waals surface area contributed by atoms with Gasteiger partial charge in [-0.15, -0.1) is 0 Å². The van der Waals surface area contributed by atoms with Crippen LogP contribution < -0.4 is 5.32 Å². The number of halogens is 1. The number of rotatable bonds is 7. The summed E-state index contributed by atoms with van der Waals surface area (Å²) in [7, 11) is 0. The first-order chi connectivity index (χ1) is 8.93. The molecule has 1 heterocycles. The molecule has 0 spiro atoms. The fourth-order valence-electron chi connectivity index (χ4n) is 1.50. The number of nitrogens with zero attached hydrogens (tertiary/aromatic N) is 2. The quantitative estimate of drug-likeness (QED) is 0.473. The molecule has 1 rings (SSSR count). The van der Waals surface area contributed by atoms with Crippen molar-refractivity contribution in [2.24, 2.45) is 5.92 Å². The van der Waals surface area contributed by atoms with E-state index in [1.807, 2.05) is 20.8 Å². The molecule has 0 aromatic carbocycles. The van der Waals surface area contributed by atoms with Crippen LogP contribution in [0.15, 0.2) is 12.1 Å². The lowest BCUT2D eigenvalue weighted by Gasteiger charge is -2.22. The SMILES string of the molecule is CCOCC(Nc1cc([N+](=O)[O-])cc(Cl)n1)C(C)C. The van der Waals surface area contributed by atoms with Gasteiger partial charge in [0.1, 0.15) is 11.0 Å². The zero-order chi connectivity index (χ0) is 14.4. The van der Waals surface area contributed by atoms with Crippen molar-refractivity contribution < 1.29 is 9.66 Å². The minimum atomic E-state index is -0.494. The smallest absolute Gasteiger partial charge is 0.276 e. The van der Waals surface area contributed by atoms with Gasteiger partial charge in [0.2, 0.25) is 0 Å². The number of pyridine rings is 1. The highest BCUT2D eigenvalue weighted by Crippen LogP contribution is 2.22. The van der Waals surface area contributed by atoms with Gasteiger partial charge in [0.25, 0.3) is 5.69 Å². The van der Waals surface area contributed by atoms with Crippen LogP contribution >= 0.6 is 11.6 Å². The summed E-state index contributed by atoms with van der Waals surface area (Å²) in [6.07, 6.45) is 0. The molecule has 106 valence electrons. The number of ether oxygens (including phenoxy) is 1. The van der Waals surface area contributed by atoms with E-state index < -0.39 is 4.92 Å². The van der Waals surface area contributed by atoms with Crippen LogP contribution in [0, 0.1) is 16.0 Å². The third kappa shape index (κ3) is 5.00. The standard InChI is InChI=1S/C12H18ClN3O3/c1-4-19-7-10(8(2)3)14-12-6-9(16(17)18)5-11(13)15-12/h5-6,8,10H,4,7H2,1-3H3,(H,14,15). The van der Waals surface area contributed by atoms with E-state index in [0.717, 1.165) is 0 Å². The average molecular weight is 288 g/mol. The summed E-state index contributed by atoms with van der Waals surface area (Å²) >= 11 is 5.77. The maximum atomic E-state index is 10.8. The molecule has 0 aliphatic carbocycles. The van der Waals surface area contributed by atoms with Gasteiger partial charge in [0, 0.05) is 6.61 Å². The molecule has 0 bridgehead atoms. The highest BCUT2D eigenvalue weighted by Gasteiger charge is 2.16. The minimum absolute atomic E-state index is 0.0190. The zero-order valence-corrected chi connectivity index (χ0v) is 12.0. The van der Waals surface area contributed by atoms with Gasteiger partial charge in [-0.25, -0.2) is 4.98 Å². The first-order valence-corrected chi connectivity index (χ1v) is 6.48. The Hall–Kier alpha value is -1.40. The van der Waals surface area contributed by atoms with Crippen LogP contribution in [-0.4, -0.2) is 29.2 Å². The second-order valence-corrected chi connectivity index (χ2v) is 4.83. The Morgan fingerprint density at radius 2 is 2.21 bits per heavy atom. The molecule has 0 amide bonds. The van der Waals surface area contributed by atoms with E-state index in [1.165, 1.54) is 12.1 Å². The molecule has 0 radical (unpaired) electrons. The fraction of sp³-hybridized carbons (Fsp3) is 0.583. The fourth-order valence-corrected chi connectivity index (χ4v) is 1.70. The molecule has 1 N–H and O–H groups in total. The minimum Gasteiger partial charge on any atom is -0.380 e. The van der Waals surface area contributed by atoms with Gasteiger partial charge in [-0.1, -0.05) is 25.4 Å². The summed E-state index contributed by atoms with van der Waals surface area (Å²) < 4.78 is 5.38. The van der Waals surface area contributed by atoms with E-state index in [4.69, 9.17) is 16.3 Å². The molecule has 0 saturated heterocycles. The Balaban J connectivity index is 2.86. The Bertz CT molecular complexity index is 440. The number of hydrogen-bond acceptors (Lipinski definition) is 5. The molecule has 0 saturated carbocycles. The van der Waals surface area contributed by atoms with Gasteiger partial charge in [0.15, 0.2) is 0 Å². The van der Waals surface area contributed by atoms with Crippen molar-refractivity contribution in [2.75, 3.05) is 18.5 Å². The van der Waals surface area contributed by atoms with Gasteiger partial charge < -0.3 is 10.1 Å². The van der Waals surface area contributed by atoms with Crippen LogP contribution in [0.2, 0.25) is 5.15 Å².